The highest BCUT2D eigenvalue weighted by Gasteiger charge is 2.15. The fraction of sp³-hybridized carbons (Fsp3) is 0.471. The Morgan fingerprint density at radius 2 is 1.81 bits per heavy atom. The van der Waals surface area contributed by atoms with E-state index in [4.69, 9.17) is 14.2 Å². The Morgan fingerprint density at radius 3 is 2.37 bits per heavy atom. The molecule has 2 N–H and O–H groups in total. The average Bonchev–Trinajstić information content (AvgIpc) is 3.11. The Morgan fingerprint density at radius 1 is 1.15 bits per heavy atom. The highest BCUT2D eigenvalue weighted by atomic mass is 32.2. The Kier molecular flexibility index (Phi) is 7.99. The second kappa shape index (κ2) is 10.2. The normalized spacial score (nSPS) is 10.6. The van der Waals surface area contributed by atoms with Crippen LogP contribution in [0.2, 0.25) is 0 Å². The minimum absolute atomic E-state index is 0.166. The van der Waals surface area contributed by atoms with Gasteiger partial charge in [-0.1, -0.05) is 36.9 Å². The van der Waals surface area contributed by atoms with Crippen LogP contribution >= 0.6 is 23.1 Å². The Bertz CT molecular complexity index is 742. The van der Waals surface area contributed by atoms with Crippen molar-refractivity contribution in [1.29, 1.82) is 0 Å². The molecular weight excluding hydrogens is 388 g/mol. The van der Waals surface area contributed by atoms with Gasteiger partial charge in [0.25, 0.3) is 0 Å². The summed E-state index contributed by atoms with van der Waals surface area (Å²) in [4.78, 5) is 12.3. The van der Waals surface area contributed by atoms with Crippen molar-refractivity contribution in [3.05, 3.63) is 12.1 Å². The summed E-state index contributed by atoms with van der Waals surface area (Å²) in [7, 11) is 4.58. The molecule has 1 aromatic carbocycles. The number of thioether (sulfide) groups is 1. The van der Waals surface area contributed by atoms with Gasteiger partial charge in [-0.15, -0.1) is 10.2 Å². The zero-order valence-corrected chi connectivity index (χ0v) is 17.6. The summed E-state index contributed by atoms with van der Waals surface area (Å²) in [6.45, 7) is 5.08. The van der Waals surface area contributed by atoms with Crippen LogP contribution in [0, 0.1) is 5.92 Å². The van der Waals surface area contributed by atoms with Crippen LogP contribution in [0.3, 0.4) is 0 Å². The number of carbonyl (C=O) groups excluding carboxylic acids is 1. The van der Waals surface area contributed by atoms with E-state index < -0.39 is 0 Å². The first-order valence-corrected chi connectivity index (χ1v) is 10.1. The molecule has 8 nitrogen and oxygen atoms in total. The van der Waals surface area contributed by atoms with Crippen LogP contribution in [0.5, 0.6) is 17.2 Å². The molecule has 0 bridgehead atoms. The third kappa shape index (κ3) is 6.17. The van der Waals surface area contributed by atoms with Crippen molar-refractivity contribution in [3.63, 3.8) is 0 Å². The van der Waals surface area contributed by atoms with E-state index in [9.17, 15) is 4.79 Å². The molecule has 0 spiro atoms. The molecule has 1 amide bonds. The number of rotatable bonds is 10. The minimum atomic E-state index is -0.166. The van der Waals surface area contributed by atoms with Crippen LogP contribution in [0.1, 0.15) is 13.8 Å². The van der Waals surface area contributed by atoms with Gasteiger partial charge in [0, 0.05) is 24.4 Å². The molecule has 1 aromatic heterocycles. The van der Waals surface area contributed by atoms with Crippen molar-refractivity contribution in [2.75, 3.05) is 44.3 Å². The van der Waals surface area contributed by atoms with Gasteiger partial charge in [-0.3, -0.25) is 4.79 Å². The lowest BCUT2D eigenvalue weighted by molar-refractivity contribution is -0.113. The summed E-state index contributed by atoms with van der Waals surface area (Å²) in [6.07, 6.45) is 0. The Balaban J connectivity index is 1.94. The number of methoxy groups -OCH3 is 3. The predicted molar refractivity (Wildman–Crippen MR) is 109 cm³/mol. The largest absolute Gasteiger partial charge is 0.493 e. The maximum Gasteiger partial charge on any atom is 0.234 e. The molecule has 148 valence electrons. The summed E-state index contributed by atoms with van der Waals surface area (Å²) in [5.41, 5.74) is 0.562. The summed E-state index contributed by atoms with van der Waals surface area (Å²) in [5, 5.41) is 15.0. The van der Waals surface area contributed by atoms with Crippen molar-refractivity contribution in [3.8, 4) is 17.2 Å². The molecule has 2 aromatic rings. The number of nitrogens with one attached hydrogen (secondary N) is 2. The predicted octanol–water partition coefficient (Wildman–Crippen LogP) is 3.36. The Labute approximate surface area is 167 Å². The molecule has 0 atom stereocenters. The van der Waals surface area contributed by atoms with Crippen LogP contribution in [-0.2, 0) is 4.79 Å². The van der Waals surface area contributed by atoms with E-state index in [-0.39, 0.29) is 11.7 Å². The van der Waals surface area contributed by atoms with Gasteiger partial charge in [-0.2, -0.15) is 0 Å². The third-order valence-corrected chi connectivity index (χ3v) is 5.36. The zero-order chi connectivity index (χ0) is 19.8. The van der Waals surface area contributed by atoms with Crippen molar-refractivity contribution in [2.24, 2.45) is 5.92 Å². The number of hydrogen-bond donors (Lipinski definition) is 2. The molecule has 0 saturated carbocycles. The number of aromatic nitrogens is 2. The maximum atomic E-state index is 12.3. The Hall–Kier alpha value is -2.20. The third-order valence-electron chi connectivity index (χ3n) is 3.34. The highest BCUT2D eigenvalue weighted by molar-refractivity contribution is 8.01. The quantitative estimate of drug-likeness (QED) is 0.574. The lowest BCUT2D eigenvalue weighted by Gasteiger charge is -2.14. The van der Waals surface area contributed by atoms with Gasteiger partial charge in [-0.25, -0.2) is 0 Å². The van der Waals surface area contributed by atoms with Crippen LogP contribution < -0.4 is 24.8 Å². The minimum Gasteiger partial charge on any atom is -0.493 e. The fourth-order valence-electron chi connectivity index (χ4n) is 2.11. The molecule has 0 fully saturated rings. The standard InChI is InChI=1S/C17H24N4O4S2/c1-10(2)8-18-16-20-21-17(27-16)26-9-14(22)19-11-6-12(23-3)15(25-5)13(7-11)24-4/h6-7,10H,8-9H2,1-5H3,(H,18,20)(H,19,22). The van der Waals surface area contributed by atoms with E-state index >= 15 is 0 Å². The molecule has 1 heterocycles. The molecule has 0 aliphatic carbocycles. The molecule has 0 aliphatic rings. The van der Waals surface area contributed by atoms with Crippen LogP contribution in [0.25, 0.3) is 0 Å². The van der Waals surface area contributed by atoms with Gasteiger partial charge in [0.1, 0.15) is 0 Å². The summed E-state index contributed by atoms with van der Waals surface area (Å²) >= 11 is 2.77. The second-order valence-corrected chi connectivity index (χ2v) is 8.10. The van der Waals surface area contributed by atoms with E-state index in [1.165, 1.54) is 44.4 Å². The lowest BCUT2D eigenvalue weighted by atomic mass is 10.2. The van der Waals surface area contributed by atoms with Gasteiger partial charge in [0.05, 0.1) is 27.1 Å². The molecule has 0 radical (unpaired) electrons. The molecular formula is C17H24N4O4S2. The van der Waals surface area contributed by atoms with E-state index in [1.54, 1.807) is 12.1 Å². The smallest absolute Gasteiger partial charge is 0.234 e. The first kappa shape index (κ1) is 21.1. The van der Waals surface area contributed by atoms with Crippen molar-refractivity contribution in [1.82, 2.24) is 10.2 Å². The maximum absolute atomic E-state index is 12.3. The average molecular weight is 413 g/mol. The number of benzene rings is 1. The monoisotopic (exact) mass is 412 g/mol. The first-order valence-electron chi connectivity index (χ1n) is 8.26. The number of nitrogens with zero attached hydrogens (tertiary/aromatic N) is 2. The molecule has 0 aliphatic heterocycles. The highest BCUT2D eigenvalue weighted by Crippen LogP contribution is 2.40. The summed E-state index contributed by atoms with van der Waals surface area (Å²) in [6, 6.07) is 3.37. The van der Waals surface area contributed by atoms with Crippen molar-refractivity contribution in [2.45, 2.75) is 18.2 Å². The summed E-state index contributed by atoms with van der Waals surface area (Å²) in [5.74, 6) is 2.00. The van der Waals surface area contributed by atoms with E-state index in [0.717, 1.165) is 16.0 Å². The summed E-state index contributed by atoms with van der Waals surface area (Å²) < 4.78 is 16.6. The first-order chi connectivity index (χ1) is 13.0. The molecule has 10 heteroatoms. The molecule has 0 saturated heterocycles. The fourth-order valence-corrected chi connectivity index (χ4v) is 3.67. The van der Waals surface area contributed by atoms with Crippen LogP contribution in [-0.4, -0.2) is 49.7 Å². The molecule has 27 heavy (non-hydrogen) atoms. The van der Waals surface area contributed by atoms with Gasteiger partial charge in [-0.05, 0) is 5.92 Å². The van der Waals surface area contributed by atoms with E-state index in [0.29, 0.717) is 28.9 Å². The molecule has 0 unspecified atom stereocenters. The van der Waals surface area contributed by atoms with Gasteiger partial charge in [0.15, 0.2) is 15.8 Å². The van der Waals surface area contributed by atoms with E-state index in [1.807, 2.05) is 0 Å². The van der Waals surface area contributed by atoms with Gasteiger partial charge < -0.3 is 24.8 Å². The van der Waals surface area contributed by atoms with Crippen LogP contribution in [0.4, 0.5) is 10.8 Å². The second-order valence-electron chi connectivity index (χ2n) is 5.90. The number of anilines is 2. The van der Waals surface area contributed by atoms with Gasteiger partial charge >= 0.3 is 0 Å². The number of ether oxygens (including phenoxy) is 3. The topological polar surface area (TPSA) is 94.6 Å². The number of carbonyl (C=O) groups is 1. The van der Waals surface area contributed by atoms with Crippen LogP contribution in [0.15, 0.2) is 16.5 Å². The number of hydrogen-bond acceptors (Lipinski definition) is 9. The number of amides is 1. The zero-order valence-electron chi connectivity index (χ0n) is 16.0. The van der Waals surface area contributed by atoms with Crippen molar-refractivity contribution < 1.29 is 19.0 Å². The van der Waals surface area contributed by atoms with E-state index in [2.05, 4.69) is 34.7 Å². The SMILES string of the molecule is COc1cc(NC(=O)CSc2nnc(NCC(C)C)s2)cc(OC)c1OC. The van der Waals surface area contributed by atoms with Gasteiger partial charge in [0.2, 0.25) is 16.8 Å². The molecule has 2 rings (SSSR count). The lowest BCUT2D eigenvalue weighted by Crippen LogP contribution is -2.14. The van der Waals surface area contributed by atoms with Crippen molar-refractivity contribution >= 4 is 39.8 Å².